The van der Waals surface area contributed by atoms with Crippen LogP contribution in [0.15, 0.2) is 158 Å². The molecule has 0 spiro atoms. The number of aromatic nitrogens is 4. The lowest BCUT2D eigenvalue weighted by Crippen LogP contribution is -1.93. The molecule has 214 valence electrons. The van der Waals surface area contributed by atoms with Gasteiger partial charge in [-0.2, -0.15) is 0 Å². The van der Waals surface area contributed by atoms with Crippen LogP contribution < -0.4 is 0 Å². The van der Waals surface area contributed by atoms with Gasteiger partial charge in [-0.05, 0) is 95.2 Å². The van der Waals surface area contributed by atoms with Crippen molar-refractivity contribution in [3.63, 3.8) is 0 Å². The summed E-state index contributed by atoms with van der Waals surface area (Å²) in [7, 11) is 0. The molecule has 0 atom stereocenters. The summed E-state index contributed by atoms with van der Waals surface area (Å²) in [6, 6.07) is 50.5. The average Bonchev–Trinajstić information content (AvgIpc) is 3.13. The molecular formula is C42H26N4. The number of nitrogens with zero attached hydrogens (tertiary/aromatic N) is 4. The largest absolute Gasteiger partial charge is 0.252 e. The van der Waals surface area contributed by atoms with E-state index in [-0.39, 0.29) is 0 Å². The van der Waals surface area contributed by atoms with E-state index in [0.29, 0.717) is 11.5 Å². The van der Waals surface area contributed by atoms with Gasteiger partial charge in [0.05, 0.1) is 0 Å². The molecule has 0 aliphatic heterocycles. The van der Waals surface area contributed by atoms with Gasteiger partial charge in [-0.3, -0.25) is 4.98 Å². The van der Waals surface area contributed by atoms with Gasteiger partial charge in [0, 0.05) is 11.8 Å². The molecule has 7 aromatic carbocycles. The summed E-state index contributed by atoms with van der Waals surface area (Å²) in [5, 5.41) is 9.83. The van der Waals surface area contributed by atoms with E-state index >= 15 is 0 Å². The summed E-state index contributed by atoms with van der Waals surface area (Å²) in [6.07, 6.45) is 4.89. The molecular weight excluding hydrogens is 560 g/mol. The van der Waals surface area contributed by atoms with Crippen molar-refractivity contribution in [3.8, 4) is 44.9 Å². The molecule has 4 nitrogen and oxygen atoms in total. The second-order valence-corrected chi connectivity index (χ2v) is 11.6. The van der Waals surface area contributed by atoms with Crippen LogP contribution in [-0.4, -0.2) is 19.9 Å². The van der Waals surface area contributed by atoms with Crippen molar-refractivity contribution in [1.29, 1.82) is 0 Å². The molecule has 2 aromatic heterocycles. The third-order valence-electron chi connectivity index (χ3n) is 8.92. The molecule has 0 saturated carbocycles. The van der Waals surface area contributed by atoms with Crippen LogP contribution in [0.1, 0.15) is 0 Å². The fourth-order valence-electron chi connectivity index (χ4n) is 6.74. The fraction of sp³-hybridized carbons (Fsp3) is 0. The Labute approximate surface area is 265 Å². The molecule has 0 bridgehead atoms. The van der Waals surface area contributed by atoms with Gasteiger partial charge in [0.25, 0.3) is 0 Å². The molecule has 9 rings (SSSR count). The normalized spacial score (nSPS) is 11.5. The van der Waals surface area contributed by atoms with Crippen molar-refractivity contribution in [2.45, 2.75) is 0 Å². The van der Waals surface area contributed by atoms with E-state index in [2.05, 4.69) is 148 Å². The number of benzene rings is 7. The highest BCUT2D eigenvalue weighted by molar-refractivity contribution is 6.22. The first-order valence-corrected chi connectivity index (χ1v) is 15.4. The second-order valence-electron chi connectivity index (χ2n) is 11.6. The maximum atomic E-state index is 4.71. The summed E-state index contributed by atoms with van der Waals surface area (Å²) in [6.45, 7) is 0. The molecule has 0 unspecified atom stereocenters. The minimum atomic E-state index is 0.560. The standard InChI is InChI=1S/C42H26N4/c1-3-9-29-21-32(15-13-27(29)7-1)40-35-11-5-6-12-36(35)41(33-16-14-28-8-2-4-10-30(28)22-33)38-23-31(17-19-37(38)40)34-18-20-39(44-24-34)42-45-25-43-26-46-42/h1-26H. The van der Waals surface area contributed by atoms with E-state index in [1.165, 1.54) is 78.0 Å². The van der Waals surface area contributed by atoms with E-state index in [1.54, 1.807) is 0 Å². The zero-order valence-electron chi connectivity index (χ0n) is 24.8. The highest BCUT2D eigenvalue weighted by Crippen LogP contribution is 2.45. The topological polar surface area (TPSA) is 51.6 Å². The first kappa shape index (κ1) is 26.2. The van der Waals surface area contributed by atoms with Crippen LogP contribution in [0, 0.1) is 0 Å². The Morgan fingerprint density at radius 3 is 1.48 bits per heavy atom. The minimum Gasteiger partial charge on any atom is -0.252 e. The molecule has 4 heteroatoms. The van der Waals surface area contributed by atoms with Crippen molar-refractivity contribution in [2.24, 2.45) is 0 Å². The van der Waals surface area contributed by atoms with Crippen molar-refractivity contribution in [2.75, 3.05) is 0 Å². The zero-order chi connectivity index (χ0) is 30.5. The lowest BCUT2D eigenvalue weighted by molar-refractivity contribution is 1.04. The lowest BCUT2D eigenvalue weighted by Gasteiger charge is -2.19. The van der Waals surface area contributed by atoms with Gasteiger partial charge in [-0.25, -0.2) is 15.0 Å². The van der Waals surface area contributed by atoms with E-state index in [0.717, 1.165) is 11.1 Å². The van der Waals surface area contributed by atoms with Crippen molar-refractivity contribution < 1.29 is 0 Å². The Hall–Kier alpha value is -6.26. The quantitative estimate of drug-likeness (QED) is 0.193. The Kier molecular flexibility index (Phi) is 6.10. The maximum absolute atomic E-state index is 4.71. The lowest BCUT2D eigenvalue weighted by atomic mass is 9.84. The van der Waals surface area contributed by atoms with Gasteiger partial charge >= 0.3 is 0 Å². The van der Waals surface area contributed by atoms with Crippen LogP contribution in [0.4, 0.5) is 0 Å². The number of pyridine rings is 1. The molecule has 0 amide bonds. The SMILES string of the molecule is c1ccc2cc(-c3c4ccccc4c(-c4ccc5ccccc5c4)c4cc(-c5ccc(-c6ncncn6)nc5)ccc34)ccc2c1. The van der Waals surface area contributed by atoms with Crippen molar-refractivity contribution in [3.05, 3.63) is 158 Å². The molecule has 0 radical (unpaired) electrons. The smallest absolute Gasteiger partial charge is 0.181 e. The van der Waals surface area contributed by atoms with E-state index < -0.39 is 0 Å². The van der Waals surface area contributed by atoms with Crippen LogP contribution >= 0.6 is 0 Å². The molecule has 46 heavy (non-hydrogen) atoms. The zero-order valence-corrected chi connectivity index (χ0v) is 24.8. The second kappa shape index (κ2) is 10.7. The maximum Gasteiger partial charge on any atom is 0.181 e. The van der Waals surface area contributed by atoms with Crippen LogP contribution in [0.3, 0.4) is 0 Å². The van der Waals surface area contributed by atoms with Crippen LogP contribution in [0.2, 0.25) is 0 Å². The van der Waals surface area contributed by atoms with Crippen molar-refractivity contribution in [1.82, 2.24) is 19.9 Å². The fourth-order valence-corrected chi connectivity index (χ4v) is 6.74. The Balaban J connectivity index is 1.33. The number of hydrogen-bond acceptors (Lipinski definition) is 4. The van der Waals surface area contributed by atoms with Gasteiger partial charge in [-0.15, -0.1) is 0 Å². The third kappa shape index (κ3) is 4.39. The van der Waals surface area contributed by atoms with Gasteiger partial charge in [0.15, 0.2) is 5.82 Å². The Bertz CT molecular complexity index is 2570. The van der Waals surface area contributed by atoms with E-state index in [1.807, 2.05) is 12.3 Å². The summed E-state index contributed by atoms with van der Waals surface area (Å²) in [5.74, 6) is 0.560. The molecule has 0 fully saturated rings. The van der Waals surface area contributed by atoms with Gasteiger partial charge in [0.2, 0.25) is 0 Å². The summed E-state index contributed by atoms with van der Waals surface area (Å²) < 4.78 is 0. The van der Waals surface area contributed by atoms with Crippen molar-refractivity contribution >= 4 is 43.1 Å². The third-order valence-corrected chi connectivity index (χ3v) is 8.92. The van der Waals surface area contributed by atoms with Gasteiger partial charge < -0.3 is 0 Å². The highest BCUT2D eigenvalue weighted by atomic mass is 15.0. The molecule has 0 N–H and O–H groups in total. The number of fused-ring (bicyclic) bond motifs is 4. The van der Waals surface area contributed by atoms with E-state index in [4.69, 9.17) is 4.98 Å². The minimum absolute atomic E-state index is 0.560. The predicted octanol–water partition coefficient (Wildman–Crippen LogP) is 10.5. The molecule has 9 aromatic rings. The monoisotopic (exact) mass is 586 g/mol. The van der Waals surface area contributed by atoms with Gasteiger partial charge in [0.1, 0.15) is 18.3 Å². The van der Waals surface area contributed by atoms with Gasteiger partial charge in [-0.1, -0.05) is 115 Å². The first-order valence-electron chi connectivity index (χ1n) is 15.4. The molecule has 2 heterocycles. The number of rotatable bonds is 4. The Morgan fingerprint density at radius 1 is 0.348 bits per heavy atom. The number of hydrogen-bond donors (Lipinski definition) is 0. The molecule has 0 saturated heterocycles. The highest BCUT2D eigenvalue weighted by Gasteiger charge is 2.18. The first-order chi connectivity index (χ1) is 22.8. The van der Waals surface area contributed by atoms with Crippen LogP contribution in [0.5, 0.6) is 0 Å². The van der Waals surface area contributed by atoms with Crippen LogP contribution in [-0.2, 0) is 0 Å². The average molecular weight is 587 g/mol. The summed E-state index contributed by atoms with van der Waals surface area (Å²) in [4.78, 5) is 17.2. The molecule has 0 aliphatic carbocycles. The molecule has 0 aliphatic rings. The van der Waals surface area contributed by atoms with Crippen LogP contribution in [0.25, 0.3) is 88.0 Å². The van der Waals surface area contributed by atoms with E-state index in [9.17, 15) is 0 Å². The summed E-state index contributed by atoms with van der Waals surface area (Å²) >= 11 is 0. The predicted molar refractivity (Wildman–Crippen MR) is 189 cm³/mol. The Morgan fingerprint density at radius 2 is 0.870 bits per heavy atom. The summed E-state index contributed by atoms with van der Waals surface area (Å²) in [5.41, 5.74) is 7.74.